The van der Waals surface area contributed by atoms with Crippen molar-refractivity contribution in [3.8, 4) is 5.75 Å². The second-order valence-corrected chi connectivity index (χ2v) is 5.41. The van der Waals surface area contributed by atoms with Gasteiger partial charge in [-0.2, -0.15) is 5.10 Å². The van der Waals surface area contributed by atoms with Crippen LogP contribution in [0.2, 0.25) is 0 Å². The number of carbonyl (C=O) groups excluding carboxylic acids is 1. The summed E-state index contributed by atoms with van der Waals surface area (Å²) >= 11 is 0. The summed E-state index contributed by atoms with van der Waals surface area (Å²) in [5.41, 5.74) is 5.07. The van der Waals surface area contributed by atoms with Gasteiger partial charge in [-0.05, 0) is 42.7 Å². The van der Waals surface area contributed by atoms with E-state index in [2.05, 4.69) is 22.8 Å². The second-order valence-electron chi connectivity index (χ2n) is 5.41. The molecular formula is C19H23N3O2. The maximum Gasteiger partial charge on any atom is 0.339 e. The van der Waals surface area contributed by atoms with E-state index in [-0.39, 0.29) is 6.03 Å². The summed E-state index contributed by atoms with van der Waals surface area (Å²) in [4.78, 5) is 11.8. The van der Waals surface area contributed by atoms with E-state index in [0.29, 0.717) is 6.61 Å². The first kappa shape index (κ1) is 17.5. The largest absolute Gasteiger partial charge is 0.494 e. The highest BCUT2D eigenvalue weighted by Gasteiger charge is 2.02. The molecule has 2 rings (SSSR count). The van der Waals surface area contributed by atoms with E-state index < -0.39 is 0 Å². The fourth-order valence-corrected chi connectivity index (χ4v) is 2.05. The van der Waals surface area contributed by atoms with Crippen molar-refractivity contribution < 1.29 is 9.53 Å². The molecule has 0 saturated carbocycles. The molecule has 0 aromatic heterocycles. The normalized spacial score (nSPS) is 10.6. The summed E-state index contributed by atoms with van der Waals surface area (Å²) in [5.74, 6) is 0.803. The van der Waals surface area contributed by atoms with E-state index in [4.69, 9.17) is 4.74 Å². The van der Waals surface area contributed by atoms with Crippen LogP contribution in [0.15, 0.2) is 53.6 Å². The third-order valence-electron chi connectivity index (χ3n) is 3.40. The van der Waals surface area contributed by atoms with Gasteiger partial charge in [-0.1, -0.05) is 43.7 Å². The number of rotatable bonds is 7. The van der Waals surface area contributed by atoms with E-state index in [1.807, 2.05) is 55.5 Å². The van der Waals surface area contributed by atoms with Crippen LogP contribution in [0.5, 0.6) is 5.75 Å². The van der Waals surface area contributed by atoms with Crippen molar-refractivity contribution in [2.75, 3.05) is 11.9 Å². The number of nitrogens with one attached hydrogen (secondary N) is 2. The molecule has 0 spiro atoms. The maximum atomic E-state index is 11.8. The molecule has 5 heteroatoms. The molecule has 0 radical (unpaired) electrons. The fourth-order valence-electron chi connectivity index (χ4n) is 2.05. The lowest BCUT2D eigenvalue weighted by atomic mass is 10.2. The minimum Gasteiger partial charge on any atom is -0.494 e. The van der Waals surface area contributed by atoms with Gasteiger partial charge in [0, 0.05) is 5.69 Å². The highest BCUT2D eigenvalue weighted by molar-refractivity contribution is 5.91. The van der Waals surface area contributed by atoms with Crippen molar-refractivity contribution in [2.24, 2.45) is 5.10 Å². The van der Waals surface area contributed by atoms with Crippen LogP contribution in [0, 0.1) is 6.92 Å². The van der Waals surface area contributed by atoms with Crippen LogP contribution in [0.25, 0.3) is 0 Å². The molecule has 0 saturated heterocycles. The van der Waals surface area contributed by atoms with E-state index in [0.717, 1.165) is 35.4 Å². The Morgan fingerprint density at radius 1 is 1.21 bits per heavy atom. The predicted octanol–water partition coefficient (Wildman–Crippen LogP) is 4.33. The summed E-state index contributed by atoms with van der Waals surface area (Å²) in [6, 6.07) is 14.8. The van der Waals surface area contributed by atoms with Gasteiger partial charge in [0.2, 0.25) is 0 Å². The Kier molecular flexibility index (Phi) is 6.83. The van der Waals surface area contributed by atoms with Crippen molar-refractivity contribution >= 4 is 17.9 Å². The number of urea groups is 1. The number of nitrogens with zero attached hydrogens (tertiary/aromatic N) is 1. The number of unbranched alkanes of at least 4 members (excludes halogenated alkanes) is 1. The molecule has 0 aliphatic rings. The Morgan fingerprint density at radius 3 is 2.83 bits per heavy atom. The van der Waals surface area contributed by atoms with Crippen LogP contribution in [0.1, 0.15) is 30.9 Å². The van der Waals surface area contributed by atoms with Crippen molar-refractivity contribution in [2.45, 2.75) is 26.7 Å². The molecule has 0 fully saturated rings. The smallest absolute Gasteiger partial charge is 0.339 e. The summed E-state index contributed by atoms with van der Waals surface area (Å²) in [5, 5.41) is 6.72. The molecule has 0 unspecified atom stereocenters. The number of benzene rings is 2. The molecule has 2 N–H and O–H groups in total. The first-order valence-corrected chi connectivity index (χ1v) is 8.07. The van der Waals surface area contributed by atoms with Gasteiger partial charge in [0.05, 0.1) is 12.8 Å². The van der Waals surface area contributed by atoms with E-state index >= 15 is 0 Å². The van der Waals surface area contributed by atoms with Gasteiger partial charge in [-0.15, -0.1) is 0 Å². The van der Waals surface area contributed by atoms with Crippen molar-refractivity contribution in [1.82, 2.24) is 5.43 Å². The average Bonchev–Trinajstić information content (AvgIpc) is 2.58. The molecule has 2 aromatic carbocycles. The zero-order valence-corrected chi connectivity index (χ0v) is 14.1. The number of amides is 2. The van der Waals surface area contributed by atoms with Gasteiger partial charge >= 0.3 is 6.03 Å². The predicted molar refractivity (Wildman–Crippen MR) is 97.8 cm³/mol. The Morgan fingerprint density at radius 2 is 2.04 bits per heavy atom. The summed E-state index contributed by atoms with van der Waals surface area (Å²) in [6.07, 6.45) is 3.71. The SMILES string of the molecule is CCCCOc1cccc(/C=N\NC(=O)Nc2ccccc2C)c1. The van der Waals surface area contributed by atoms with Crippen LogP contribution < -0.4 is 15.5 Å². The van der Waals surface area contributed by atoms with Gasteiger partial charge in [-0.25, -0.2) is 10.2 Å². The first-order valence-electron chi connectivity index (χ1n) is 8.07. The number of carbonyl (C=O) groups is 1. The van der Waals surface area contributed by atoms with Crippen molar-refractivity contribution in [3.63, 3.8) is 0 Å². The molecule has 2 amide bonds. The number of ether oxygens (including phenoxy) is 1. The highest BCUT2D eigenvalue weighted by Crippen LogP contribution is 2.13. The summed E-state index contributed by atoms with van der Waals surface area (Å²) < 4.78 is 5.65. The molecule has 0 aliphatic heterocycles. The lowest BCUT2D eigenvalue weighted by Gasteiger charge is -2.07. The second kappa shape index (κ2) is 9.35. The van der Waals surface area contributed by atoms with Gasteiger partial charge in [0.1, 0.15) is 5.75 Å². The topological polar surface area (TPSA) is 62.7 Å². The standard InChI is InChI=1S/C19H23N3O2/c1-3-4-12-24-17-10-7-9-16(13-17)14-20-22-19(23)21-18-11-6-5-8-15(18)2/h5-11,13-14H,3-4,12H2,1-2H3,(H2,21,22,23)/b20-14-. The third kappa shape index (κ3) is 5.76. The Balaban J connectivity index is 1.86. The number of aryl methyl sites for hydroxylation is 1. The van der Waals surface area contributed by atoms with Gasteiger partial charge in [0.15, 0.2) is 0 Å². The van der Waals surface area contributed by atoms with E-state index in [1.165, 1.54) is 0 Å². The number of hydrogen-bond donors (Lipinski definition) is 2. The molecule has 126 valence electrons. The molecule has 5 nitrogen and oxygen atoms in total. The molecule has 0 bridgehead atoms. The Labute approximate surface area is 142 Å². The van der Waals surface area contributed by atoms with E-state index in [9.17, 15) is 4.79 Å². The molecule has 0 atom stereocenters. The monoisotopic (exact) mass is 325 g/mol. The van der Waals surface area contributed by atoms with Gasteiger partial charge < -0.3 is 10.1 Å². The first-order chi connectivity index (χ1) is 11.7. The Bertz CT molecular complexity index is 699. The van der Waals surface area contributed by atoms with Crippen LogP contribution in [-0.4, -0.2) is 18.9 Å². The number of anilines is 1. The van der Waals surface area contributed by atoms with E-state index in [1.54, 1.807) is 6.21 Å². The lowest BCUT2D eigenvalue weighted by Crippen LogP contribution is -2.24. The van der Waals surface area contributed by atoms with Crippen LogP contribution in [0.4, 0.5) is 10.5 Å². The van der Waals surface area contributed by atoms with Gasteiger partial charge in [0.25, 0.3) is 0 Å². The fraction of sp³-hybridized carbons (Fsp3) is 0.263. The lowest BCUT2D eigenvalue weighted by molar-refractivity contribution is 0.252. The summed E-state index contributed by atoms with van der Waals surface area (Å²) in [6.45, 7) is 4.76. The molecule has 24 heavy (non-hydrogen) atoms. The van der Waals surface area contributed by atoms with Crippen LogP contribution in [-0.2, 0) is 0 Å². The van der Waals surface area contributed by atoms with Crippen LogP contribution >= 0.6 is 0 Å². The number of hydrogen-bond acceptors (Lipinski definition) is 3. The van der Waals surface area contributed by atoms with Crippen molar-refractivity contribution in [1.29, 1.82) is 0 Å². The zero-order valence-electron chi connectivity index (χ0n) is 14.1. The number of hydrazone groups is 1. The highest BCUT2D eigenvalue weighted by atomic mass is 16.5. The minimum absolute atomic E-state index is 0.379. The summed E-state index contributed by atoms with van der Waals surface area (Å²) in [7, 11) is 0. The maximum absolute atomic E-state index is 11.8. The molecule has 0 aliphatic carbocycles. The minimum atomic E-state index is -0.379. The van der Waals surface area contributed by atoms with Crippen molar-refractivity contribution in [3.05, 3.63) is 59.7 Å². The quantitative estimate of drug-likeness (QED) is 0.452. The molecule has 2 aromatic rings. The van der Waals surface area contributed by atoms with Gasteiger partial charge in [-0.3, -0.25) is 0 Å². The van der Waals surface area contributed by atoms with Crippen LogP contribution in [0.3, 0.4) is 0 Å². The Hall–Kier alpha value is -2.82. The molecular weight excluding hydrogens is 302 g/mol. The third-order valence-corrected chi connectivity index (χ3v) is 3.40. The average molecular weight is 325 g/mol. The number of para-hydroxylation sites is 1. The molecule has 0 heterocycles. The zero-order chi connectivity index (χ0) is 17.2.